The summed E-state index contributed by atoms with van der Waals surface area (Å²) in [7, 11) is 0. The number of rotatable bonds is 13. The van der Waals surface area contributed by atoms with Gasteiger partial charge in [0, 0.05) is 70.0 Å². The second kappa shape index (κ2) is 24.3. The van der Waals surface area contributed by atoms with Crippen molar-refractivity contribution in [1.82, 2.24) is 19.9 Å². The molecule has 0 bridgehead atoms. The van der Waals surface area contributed by atoms with Crippen LogP contribution in [-0.2, 0) is 35.1 Å². The van der Waals surface area contributed by atoms with Crippen LogP contribution in [0.4, 0.5) is 13.2 Å². The Morgan fingerprint density at radius 2 is 0.929 bits per heavy atom. The Bertz CT molecular complexity index is 3480. The number of hydrogen-bond acceptors (Lipinski definition) is 10. The number of pyridine rings is 4. The molecule has 0 N–H and O–H groups in total. The van der Waals surface area contributed by atoms with Crippen molar-refractivity contribution in [1.29, 1.82) is 0 Å². The number of fused-ring (bicyclic) bond motifs is 6. The van der Waals surface area contributed by atoms with Crippen molar-refractivity contribution in [3.05, 3.63) is 167 Å². The van der Waals surface area contributed by atoms with Crippen molar-refractivity contribution < 1.29 is 41.8 Å². The second-order valence-electron chi connectivity index (χ2n) is 25.3. The maximum Gasteiger partial charge on any atom is 0.374 e. The number of ether oxygens (including phenoxy) is 2. The van der Waals surface area contributed by atoms with E-state index < -0.39 is 5.97 Å². The van der Waals surface area contributed by atoms with Gasteiger partial charge in [-0.2, -0.15) is 0 Å². The summed E-state index contributed by atoms with van der Waals surface area (Å²) < 4.78 is 51.3. The van der Waals surface area contributed by atoms with Crippen LogP contribution in [0.5, 0.6) is 0 Å². The fourth-order valence-electron chi connectivity index (χ4n) is 16.7. The first kappa shape index (κ1) is 57.6. The fraction of sp³-hybridized carbons (Fsp3) is 0.457. The van der Waals surface area contributed by atoms with Crippen LogP contribution in [0.3, 0.4) is 0 Å². The molecule has 7 aliphatic carbocycles. The van der Waals surface area contributed by atoms with E-state index in [1.807, 2.05) is 43.6 Å². The average molecular weight is 1160 g/mol. The Labute approximate surface area is 493 Å². The zero-order valence-corrected chi connectivity index (χ0v) is 48.6. The first-order valence-corrected chi connectivity index (χ1v) is 30.9. The molecular weight excluding hydrogens is 1090 g/mol. The summed E-state index contributed by atoms with van der Waals surface area (Å²) in [5.41, 5.74) is 7.49. The zero-order valence-electron chi connectivity index (χ0n) is 47.8. The standard InChI is InChI=1S/C27H26ClFN2O.C22H24FNO2.C21H22FNO3/c28-20-1-3-22(31-15-20)14-26(32)27(6-7-27)19-11-16-9-18(10-17(16)12-19)23-5-8-30-25-4-2-21(29)13-24(23)25;1-3-26-22(25)13(2)14-8-15-10-17(11-16(15)9-14)19-6-7-24-21-5-4-18(23)12-20(19)21;1-2-26-21(25)20(24)15-9-12-7-14(8-13(12)10-15)17-5-6-23-19-4-3-16(22)11-18(17)19/h1-5,8,13,15-19H,6-7,9-12,14H2;4-7,12,14-17H,2-3,8-11H2,1H3;3-6,11-15H,2,7-10H2,1H3/t16-,17+,18?,19?;14?,15-,16+,17?;12-,13+,14?,15?. The van der Waals surface area contributed by atoms with E-state index in [0.717, 1.165) is 134 Å². The van der Waals surface area contributed by atoms with Gasteiger partial charge in [0.15, 0.2) is 0 Å². The SMILES string of the molecule is C=C(C(=O)OCC)C1C[C@@H]2CC(c3ccnc4ccc(F)cc34)C[C@@H]2C1.CCOC(=O)C(=O)C1C[C@@H]2CC(c3ccnc4ccc(F)cc34)C[C@@H]2C1.O=C(Cc1ccc(Cl)cn1)C1(C2C[C@H]3CC(c4ccnc5ccc(F)cc45)C[C@H]3C2)CC1. The number of hydrogen-bond donors (Lipinski definition) is 0. The predicted molar refractivity (Wildman–Crippen MR) is 317 cm³/mol. The molecule has 10 nitrogen and oxygen atoms in total. The molecule has 84 heavy (non-hydrogen) atoms. The third-order valence-corrected chi connectivity index (χ3v) is 20.9. The Kier molecular flexibility index (Phi) is 16.6. The topological polar surface area (TPSA) is 138 Å². The van der Waals surface area contributed by atoms with Crippen LogP contribution in [0.25, 0.3) is 32.7 Å². The van der Waals surface area contributed by atoms with Crippen LogP contribution in [0, 0.1) is 76.1 Å². The second-order valence-corrected chi connectivity index (χ2v) is 25.7. The number of esters is 2. The molecule has 0 spiro atoms. The minimum absolute atomic E-state index is 0.117. The highest BCUT2D eigenvalue weighted by Crippen LogP contribution is 2.64. The summed E-state index contributed by atoms with van der Waals surface area (Å²) in [5.74, 6) is 3.65. The van der Waals surface area contributed by atoms with Gasteiger partial charge < -0.3 is 9.47 Å². The Hall–Kier alpha value is -6.86. The molecule has 0 saturated heterocycles. The largest absolute Gasteiger partial charge is 0.463 e. The molecule has 4 heterocycles. The highest BCUT2D eigenvalue weighted by molar-refractivity contribution is 6.34. The molecule has 0 radical (unpaired) electrons. The molecule has 7 fully saturated rings. The molecule has 14 rings (SSSR count). The maximum absolute atomic E-state index is 13.9. The lowest BCUT2D eigenvalue weighted by atomic mass is 9.79. The lowest BCUT2D eigenvalue weighted by Gasteiger charge is -2.24. The van der Waals surface area contributed by atoms with E-state index >= 15 is 0 Å². The minimum atomic E-state index is -0.690. The van der Waals surface area contributed by atoms with Crippen molar-refractivity contribution in [3.8, 4) is 0 Å². The van der Waals surface area contributed by atoms with Crippen molar-refractivity contribution in [2.24, 2.45) is 58.7 Å². The smallest absolute Gasteiger partial charge is 0.374 e. The van der Waals surface area contributed by atoms with Crippen molar-refractivity contribution in [2.45, 2.75) is 128 Å². The van der Waals surface area contributed by atoms with Crippen LogP contribution in [-0.4, -0.2) is 56.7 Å². The van der Waals surface area contributed by atoms with E-state index in [1.165, 1.54) is 29.3 Å². The number of nitrogens with zero attached hydrogens (tertiary/aromatic N) is 4. The quantitative estimate of drug-likeness (QED) is 0.0623. The van der Waals surface area contributed by atoms with Crippen LogP contribution in [0.2, 0.25) is 5.02 Å². The van der Waals surface area contributed by atoms with Crippen molar-refractivity contribution in [3.63, 3.8) is 0 Å². The summed E-state index contributed by atoms with van der Waals surface area (Å²) >= 11 is 5.93. The maximum atomic E-state index is 13.9. The molecule has 0 aliphatic heterocycles. The highest BCUT2D eigenvalue weighted by atomic mass is 35.5. The zero-order chi connectivity index (χ0) is 58.4. The van der Waals surface area contributed by atoms with Gasteiger partial charge in [0.2, 0.25) is 5.78 Å². The van der Waals surface area contributed by atoms with Gasteiger partial charge in [0.1, 0.15) is 23.2 Å². The summed E-state index contributed by atoms with van der Waals surface area (Å²) in [4.78, 5) is 66.6. The summed E-state index contributed by atoms with van der Waals surface area (Å²) in [6.45, 7) is 8.14. The molecule has 12 atom stereocenters. The van der Waals surface area contributed by atoms with Crippen LogP contribution in [0.1, 0.15) is 144 Å². The average Bonchev–Trinajstić information content (AvgIpc) is 4.05. The molecule has 4 aromatic heterocycles. The summed E-state index contributed by atoms with van der Waals surface area (Å²) in [6, 6.07) is 24.2. The number of aromatic nitrogens is 4. The van der Waals surface area contributed by atoms with Gasteiger partial charge >= 0.3 is 11.9 Å². The first-order chi connectivity index (χ1) is 40.6. The number of benzene rings is 3. The lowest BCUT2D eigenvalue weighted by molar-refractivity contribution is -0.155. The third kappa shape index (κ3) is 11.8. The number of carbonyl (C=O) groups excluding carboxylic acids is 4. The molecular formula is C70H72ClF3N4O6. The summed E-state index contributed by atoms with van der Waals surface area (Å²) in [6.07, 6.45) is 21.8. The Morgan fingerprint density at radius 3 is 1.32 bits per heavy atom. The fourth-order valence-corrected chi connectivity index (χ4v) is 16.8. The molecule has 3 aromatic carbocycles. The normalized spacial score (nSPS) is 27.7. The molecule has 7 aliphatic rings. The lowest BCUT2D eigenvalue weighted by Crippen LogP contribution is -2.26. The number of carbonyl (C=O) groups is 4. The number of ketones is 2. The van der Waals surface area contributed by atoms with Gasteiger partial charge in [0.05, 0.1) is 34.8 Å². The molecule has 0 amide bonds. The minimum Gasteiger partial charge on any atom is -0.463 e. The van der Waals surface area contributed by atoms with Gasteiger partial charge in [-0.05, 0) is 270 Å². The summed E-state index contributed by atoms with van der Waals surface area (Å²) in [5, 5.41) is 3.38. The van der Waals surface area contributed by atoms with Gasteiger partial charge in [-0.3, -0.25) is 29.5 Å². The van der Waals surface area contributed by atoms with E-state index in [1.54, 1.807) is 55.7 Å². The van der Waals surface area contributed by atoms with Gasteiger partial charge in [0.25, 0.3) is 0 Å². The monoisotopic (exact) mass is 1160 g/mol. The van der Waals surface area contributed by atoms with Crippen LogP contribution in [0.15, 0.2) is 122 Å². The van der Waals surface area contributed by atoms with E-state index in [0.29, 0.717) is 88.6 Å². The predicted octanol–water partition coefficient (Wildman–Crippen LogP) is 15.6. The number of Topliss-reactive ketones (excluding diaryl/α,β-unsaturated/α-hetero) is 2. The Balaban J connectivity index is 0.000000125. The van der Waals surface area contributed by atoms with Crippen LogP contribution < -0.4 is 0 Å². The van der Waals surface area contributed by atoms with E-state index in [-0.39, 0.29) is 53.1 Å². The first-order valence-electron chi connectivity index (χ1n) is 30.5. The molecule has 7 aromatic rings. The molecule has 7 saturated carbocycles. The van der Waals surface area contributed by atoms with Gasteiger partial charge in [-0.1, -0.05) is 18.2 Å². The van der Waals surface area contributed by atoms with Crippen molar-refractivity contribution >= 4 is 67.8 Å². The van der Waals surface area contributed by atoms with E-state index in [4.69, 9.17) is 21.1 Å². The van der Waals surface area contributed by atoms with Crippen molar-refractivity contribution in [2.75, 3.05) is 13.2 Å². The molecule has 436 valence electrons. The number of halogens is 4. The third-order valence-electron chi connectivity index (χ3n) is 20.7. The highest BCUT2D eigenvalue weighted by Gasteiger charge is 2.59. The molecule has 6 unspecified atom stereocenters. The van der Waals surface area contributed by atoms with Crippen LogP contribution >= 0.6 is 11.6 Å². The van der Waals surface area contributed by atoms with E-state index in [2.05, 4.69) is 32.6 Å². The Morgan fingerprint density at radius 1 is 0.524 bits per heavy atom. The van der Waals surface area contributed by atoms with Gasteiger partial charge in [-0.25, -0.2) is 22.8 Å². The molecule has 14 heteroatoms. The van der Waals surface area contributed by atoms with Gasteiger partial charge in [-0.15, -0.1) is 0 Å². The van der Waals surface area contributed by atoms with E-state index in [9.17, 15) is 32.3 Å².